The summed E-state index contributed by atoms with van der Waals surface area (Å²) in [6.07, 6.45) is 0. The molecule has 43 heavy (non-hydrogen) atoms. The van der Waals surface area contributed by atoms with Crippen LogP contribution in [0, 0.1) is 0 Å². The van der Waals surface area contributed by atoms with Gasteiger partial charge in [0.1, 0.15) is 0 Å². The maximum atomic E-state index is 8.07. The lowest BCUT2D eigenvalue weighted by Gasteiger charge is -2.18. The van der Waals surface area contributed by atoms with Crippen LogP contribution in [0.2, 0.25) is 0 Å². The first-order valence-corrected chi connectivity index (χ1v) is 15.5. The summed E-state index contributed by atoms with van der Waals surface area (Å²) in [4.78, 5) is 0. The predicted octanol–water partition coefficient (Wildman–Crippen LogP) is 12.5. The van der Waals surface area contributed by atoms with Gasteiger partial charge >= 0.3 is 0 Å². The van der Waals surface area contributed by atoms with Gasteiger partial charge in [0.2, 0.25) is 0 Å². The van der Waals surface area contributed by atoms with Crippen molar-refractivity contribution in [3.05, 3.63) is 158 Å². The zero-order chi connectivity index (χ0) is 29.2. The quantitative estimate of drug-likeness (QED) is 0.188. The Morgan fingerprint density at radius 1 is 0.419 bits per heavy atom. The molecule has 1 heteroatoms. The molecule has 0 spiro atoms. The van der Waals surface area contributed by atoms with E-state index >= 15 is 0 Å². The standard InChI is InChI=1S/C42H26S/c1-2-13-28(14-3-1)31-20-10-22-37-41-36(21-11-23-38(41)43-42(31)37)40-34-18-8-6-16-32(34)39(33-17-7-9-19-35(33)40)30-25-24-27-12-4-5-15-29(27)26-30/h1-26H/i4D. The van der Waals surface area contributed by atoms with Crippen LogP contribution >= 0.6 is 11.3 Å². The van der Waals surface area contributed by atoms with Crippen LogP contribution < -0.4 is 0 Å². The minimum absolute atomic E-state index is 0.538. The van der Waals surface area contributed by atoms with Gasteiger partial charge in [-0.25, -0.2) is 0 Å². The molecule has 0 saturated heterocycles. The zero-order valence-corrected chi connectivity index (χ0v) is 24.2. The van der Waals surface area contributed by atoms with Gasteiger partial charge in [-0.15, -0.1) is 11.3 Å². The highest BCUT2D eigenvalue weighted by Crippen LogP contribution is 2.49. The highest BCUT2D eigenvalue weighted by Gasteiger charge is 2.20. The predicted molar refractivity (Wildman–Crippen MR) is 188 cm³/mol. The first-order chi connectivity index (χ1) is 21.7. The fraction of sp³-hybridized carbons (Fsp3) is 0. The molecule has 0 unspecified atom stereocenters. The summed E-state index contributed by atoms with van der Waals surface area (Å²) >= 11 is 1.89. The van der Waals surface area contributed by atoms with E-state index in [4.69, 9.17) is 1.37 Å². The van der Waals surface area contributed by atoms with Crippen molar-refractivity contribution >= 4 is 63.8 Å². The molecule has 0 aliphatic rings. The molecular weight excluding hydrogens is 537 g/mol. The maximum Gasteiger partial charge on any atom is 0.0623 e. The number of hydrogen-bond acceptors (Lipinski definition) is 1. The third-order valence-corrected chi connectivity index (χ3v) is 9.99. The van der Waals surface area contributed by atoms with E-state index in [1.165, 1.54) is 75.1 Å². The fourth-order valence-electron chi connectivity index (χ4n) is 6.91. The second kappa shape index (κ2) is 9.66. The molecule has 0 bridgehead atoms. The first-order valence-electron chi connectivity index (χ1n) is 15.2. The van der Waals surface area contributed by atoms with E-state index in [2.05, 4.69) is 140 Å². The largest absolute Gasteiger partial charge is 0.135 e. The van der Waals surface area contributed by atoms with Gasteiger partial charge in [0, 0.05) is 20.2 Å². The zero-order valence-electron chi connectivity index (χ0n) is 24.3. The molecule has 200 valence electrons. The Bertz CT molecular complexity index is 2500. The van der Waals surface area contributed by atoms with Gasteiger partial charge in [0.15, 0.2) is 0 Å². The van der Waals surface area contributed by atoms with Crippen molar-refractivity contribution in [2.45, 2.75) is 0 Å². The molecule has 0 N–H and O–H groups in total. The third kappa shape index (κ3) is 3.75. The maximum absolute atomic E-state index is 8.07. The van der Waals surface area contributed by atoms with Gasteiger partial charge in [-0.3, -0.25) is 0 Å². The summed E-state index contributed by atoms with van der Waals surface area (Å²) < 4.78 is 10.7. The summed E-state index contributed by atoms with van der Waals surface area (Å²) in [7, 11) is 0. The lowest BCUT2D eigenvalue weighted by molar-refractivity contribution is 1.67. The van der Waals surface area contributed by atoms with Crippen LogP contribution in [0.5, 0.6) is 0 Å². The van der Waals surface area contributed by atoms with Crippen LogP contribution in [0.15, 0.2) is 158 Å². The average molecular weight is 564 g/mol. The van der Waals surface area contributed by atoms with Crippen LogP contribution in [0.25, 0.3) is 85.9 Å². The van der Waals surface area contributed by atoms with E-state index in [0.29, 0.717) is 6.04 Å². The molecular formula is C42H26S. The van der Waals surface area contributed by atoms with E-state index in [1.807, 2.05) is 23.5 Å². The second-order valence-corrected chi connectivity index (χ2v) is 12.2. The molecule has 0 amide bonds. The highest BCUT2D eigenvalue weighted by molar-refractivity contribution is 7.26. The van der Waals surface area contributed by atoms with Crippen molar-refractivity contribution in [3.63, 3.8) is 0 Å². The van der Waals surface area contributed by atoms with Gasteiger partial charge in [0.05, 0.1) is 1.37 Å². The number of fused-ring (bicyclic) bond motifs is 6. The Kier molecular flexibility index (Phi) is 5.24. The fourth-order valence-corrected chi connectivity index (χ4v) is 8.18. The summed E-state index contributed by atoms with van der Waals surface area (Å²) in [6, 6.07) is 55.1. The second-order valence-electron chi connectivity index (χ2n) is 11.2. The molecule has 9 rings (SSSR count). The Balaban J connectivity index is 1.38. The van der Waals surface area contributed by atoms with Crippen LogP contribution in [0.3, 0.4) is 0 Å². The monoisotopic (exact) mass is 563 g/mol. The average Bonchev–Trinajstić information content (AvgIpc) is 3.47. The molecule has 0 atom stereocenters. The van der Waals surface area contributed by atoms with Crippen molar-refractivity contribution < 1.29 is 1.37 Å². The van der Waals surface area contributed by atoms with Crippen molar-refractivity contribution in [3.8, 4) is 33.4 Å². The van der Waals surface area contributed by atoms with Gasteiger partial charge < -0.3 is 0 Å². The number of rotatable bonds is 3. The van der Waals surface area contributed by atoms with Crippen molar-refractivity contribution in [1.82, 2.24) is 0 Å². The van der Waals surface area contributed by atoms with Crippen LogP contribution in [0.4, 0.5) is 0 Å². The van der Waals surface area contributed by atoms with Crippen molar-refractivity contribution in [2.24, 2.45) is 0 Å². The molecule has 1 aromatic heterocycles. The Labute approximate surface area is 255 Å². The molecule has 8 aromatic carbocycles. The lowest BCUT2D eigenvalue weighted by atomic mass is 9.84. The van der Waals surface area contributed by atoms with Crippen LogP contribution in [0.1, 0.15) is 1.37 Å². The van der Waals surface area contributed by atoms with E-state index in [1.54, 1.807) is 0 Å². The van der Waals surface area contributed by atoms with E-state index < -0.39 is 0 Å². The van der Waals surface area contributed by atoms with E-state index in [-0.39, 0.29) is 0 Å². The van der Waals surface area contributed by atoms with Gasteiger partial charge in [-0.2, -0.15) is 0 Å². The summed E-state index contributed by atoms with van der Waals surface area (Å²) in [5.74, 6) is 0. The Morgan fingerprint density at radius 2 is 1.07 bits per heavy atom. The smallest absolute Gasteiger partial charge is 0.0623 e. The molecule has 0 aliphatic heterocycles. The molecule has 1 heterocycles. The number of hydrogen-bond donors (Lipinski definition) is 0. The number of benzene rings is 8. The van der Waals surface area contributed by atoms with Crippen molar-refractivity contribution in [2.75, 3.05) is 0 Å². The highest BCUT2D eigenvalue weighted by atomic mass is 32.1. The molecule has 0 nitrogen and oxygen atoms in total. The molecule has 0 fully saturated rings. The summed E-state index contributed by atoms with van der Waals surface area (Å²) in [5, 5.41) is 9.89. The first kappa shape index (κ1) is 23.3. The topological polar surface area (TPSA) is 0 Å². The van der Waals surface area contributed by atoms with E-state index in [9.17, 15) is 0 Å². The minimum atomic E-state index is 0.538. The molecule has 9 aromatic rings. The molecule has 0 saturated carbocycles. The van der Waals surface area contributed by atoms with Gasteiger partial charge in [0.25, 0.3) is 0 Å². The lowest BCUT2D eigenvalue weighted by Crippen LogP contribution is -1.91. The summed E-state index contributed by atoms with van der Waals surface area (Å²) in [5.41, 5.74) is 7.55. The van der Waals surface area contributed by atoms with E-state index in [0.717, 1.165) is 10.8 Å². The van der Waals surface area contributed by atoms with Crippen LogP contribution in [-0.4, -0.2) is 0 Å². The molecule has 0 aliphatic carbocycles. The van der Waals surface area contributed by atoms with Gasteiger partial charge in [-0.1, -0.05) is 146 Å². The SMILES string of the molecule is [2H]c1ccc2cc(-c3c4ccccc4c(-c4cccc5sc6c(-c7ccccc7)cccc6c45)c4ccccc34)ccc2c1. The van der Waals surface area contributed by atoms with Crippen molar-refractivity contribution in [1.29, 1.82) is 0 Å². The van der Waals surface area contributed by atoms with Crippen LogP contribution in [-0.2, 0) is 0 Å². The third-order valence-electron chi connectivity index (χ3n) is 8.78. The van der Waals surface area contributed by atoms with Gasteiger partial charge in [-0.05, 0) is 77.8 Å². The minimum Gasteiger partial charge on any atom is -0.135 e. The normalized spacial score (nSPS) is 12.0. The Morgan fingerprint density at radius 3 is 1.84 bits per heavy atom. The summed E-state index contributed by atoms with van der Waals surface area (Å²) in [6.45, 7) is 0. The molecule has 0 radical (unpaired) electrons. The Hall–Kier alpha value is -5.24. The number of thiophene rings is 1.